The van der Waals surface area contributed by atoms with Gasteiger partial charge in [0.1, 0.15) is 5.69 Å². The number of para-hydroxylation sites is 1. The molecule has 0 bridgehead atoms. The van der Waals surface area contributed by atoms with Crippen molar-refractivity contribution in [1.82, 2.24) is 18.9 Å². The molecule has 5 aromatic rings. The van der Waals surface area contributed by atoms with E-state index in [-0.39, 0.29) is 18.8 Å². The van der Waals surface area contributed by atoms with Crippen molar-refractivity contribution < 1.29 is 13.8 Å². The Hall–Kier alpha value is -5.19. The van der Waals surface area contributed by atoms with Crippen molar-refractivity contribution in [1.29, 1.82) is 0 Å². The lowest BCUT2D eigenvalue weighted by molar-refractivity contribution is -0.387. The first-order valence-corrected chi connectivity index (χ1v) is 10.8. The zero-order valence-electron chi connectivity index (χ0n) is 18.8. The number of nitro groups is 1. The summed E-state index contributed by atoms with van der Waals surface area (Å²) in [6.07, 6.45) is 11.9. The van der Waals surface area contributed by atoms with E-state index in [1.54, 1.807) is 35.3 Å². The van der Waals surface area contributed by atoms with Crippen LogP contribution in [0.15, 0.2) is 98.3 Å². The van der Waals surface area contributed by atoms with Crippen LogP contribution in [0.4, 0.5) is 5.69 Å². The summed E-state index contributed by atoms with van der Waals surface area (Å²) in [5.41, 5.74) is 0.0311. The minimum Gasteiger partial charge on any atom is -0.472 e. The van der Waals surface area contributed by atoms with Gasteiger partial charge in [-0.25, -0.2) is 14.0 Å². The number of aromatic nitrogens is 4. The van der Waals surface area contributed by atoms with Gasteiger partial charge in [0.2, 0.25) is 0 Å². The predicted molar refractivity (Wildman–Crippen MR) is 130 cm³/mol. The Morgan fingerprint density at radius 1 is 0.917 bits per heavy atom. The van der Waals surface area contributed by atoms with Gasteiger partial charge in [0, 0.05) is 22.9 Å². The molecular weight excluding hydrogens is 466 g/mol. The van der Waals surface area contributed by atoms with Gasteiger partial charge in [0.25, 0.3) is 0 Å². The molecule has 36 heavy (non-hydrogen) atoms. The van der Waals surface area contributed by atoms with Crippen molar-refractivity contribution in [3.05, 3.63) is 133 Å². The lowest BCUT2D eigenvalue weighted by Gasteiger charge is -2.13. The van der Waals surface area contributed by atoms with Crippen LogP contribution in [0.5, 0.6) is 0 Å². The highest BCUT2D eigenvalue weighted by Gasteiger charge is 2.27. The fraction of sp³-hybridized carbons (Fsp3) is 0.0800. The monoisotopic (exact) mass is 485 g/mol. The maximum atomic E-state index is 13.4. The van der Waals surface area contributed by atoms with E-state index in [9.17, 15) is 19.7 Å². The molecule has 0 saturated heterocycles. The minimum absolute atomic E-state index is 0.0369. The number of nitrogens with zero attached hydrogens (tertiary/aromatic N) is 5. The van der Waals surface area contributed by atoms with E-state index in [4.69, 9.17) is 8.83 Å². The summed E-state index contributed by atoms with van der Waals surface area (Å²) < 4.78 is 13.8. The van der Waals surface area contributed by atoms with Crippen LogP contribution in [0.2, 0.25) is 0 Å². The van der Waals surface area contributed by atoms with Crippen molar-refractivity contribution in [2.45, 2.75) is 13.1 Å². The molecular formula is C25H19N5O6. The molecule has 0 fully saturated rings. The zero-order chi connectivity index (χ0) is 25.1. The van der Waals surface area contributed by atoms with E-state index in [0.29, 0.717) is 16.7 Å². The van der Waals surface area contributed by atoms with Crippen LogP contribution >= 0.6 is 0 Å². The van der Waals surface area contributed by atoms with Gasteiger partial charge >= 0.3 is 16.9 Å². The molecule has 0 N–H and O–H groups in total. The zero-order valence-corrected chi connectivity index (χ0v) is 18.8. The molecule has 0 atom stereocenters. The number of benzene rings is 1. The molecule has 0 unspecified atom stereocenters. The molecule has 0 aliphatic rings. The molecule has 0 saturated carbocycles. The lowest BCUT2D eigenvalue weighted by atomic mass is 10.2. The van der Waals surface area contributed by atoms with Crippen LogP contribution in [0.25, 0.3) is 17.8 Å². The average molecular weight is 485 g/mol. The number of hydrogen-bond acceptors (Lipinski definition) is 7. The third-order valence-electron chi connectivity index (χ3n) is 5.52. The molecule has 5 rings (SSSR count). The summed E-state index contributed by atoms with van der Waals surface area (Å²) in [4.78, 5) is 37.9. The molecule has 4 aromatic heterocycles. The summed E-state index contributed by atoms with van der Waals surface area (Å²) in [7, 11) is 0. The van der Waals surface area contributed by atoms with E-state index < -0.39 is 21.9 Å². The third-order valence-corrected chi connectivity index (χ3v) is 5.52. The lowest BCUT2D eigenvalue weighted by Crippen LogP contribution is -2.42. The minimum atomic E-state index is -1.01. The molecule has 0 aliphatic carbocycles. The number of hydrogen-bond donors (Lipinski definition) is 0. The Morgan fingerprint density at radius 3 is 2.19 bits per heavy atom. The van der Waals surface area contributed by atoms with Gasteiger partial charge in [-0.2, -0.15) is 5.10 Å². The largest absolute Gasteiger partial charge is 0.472 e. The molecule has 0 aliphatic heterocycles. The van der Waals surface area contributed by atoms with Gasteiger partial charge in [0.15, 0.2) is 0 Å². The van der Waals surface area contributed by atoms with Crippen LogP contribution in [0, 0.1) is 10.1 Å². The first-order valence-electron chi connectivity index (χ1n) is 10.8. The predicted octanol–water partition coefficient (Wildman–Crippen LogP) is 3.56. The third kappa shape index (κ3) is 4.44. The van der Waals surface area contributed by atoms with Crippen LogP contribution in [0.1, 0.15) is 22.4 Å². The summed E-state index contributed by atoms with van der Waals surface area (Å²) in [5.74, 6) is 0. The molecule has 0 radical (unpaired) electrons. The first-order chi connectivity index (χ1) is 17.5. The van der Waals surface area contributed by atoms with Crippen LogP contribution in [0.3, 0.4) is 0 Å². The van der Waals surface area contributed by atoms with E-state index in [1.165, 1.54) is 35.7 Å². The highest BCUT2D eigenvalue weighted by Crippen LogP contribution is 2.18. The second-order valence-corrected chi connectivity index (χ2v) is 7.90. The Morgan fingerprint density at radius 2 is 1.58 bits per heavy atom. The van der Waals surface area contributed by atoms with Crippen molar-refractivity contribution >= 4 is 17.8 Å². The van der Waals surface area contributed by atoms with Gasteiger partial charge in [0.05, 0.1) is 54.9 Å². The fourth-order valence-corrected chi connectivity index (χ4v) is 3.78. The molecule has 11 heteroatoms. The van der Waals surface area contributed by atoms with E-state index in [1.807, 2.05) is 30.3 Å². The molecule has 0 spiro atoms. The number of furan rings is 2. The van der Waals surface area contributed by atoms with Crippen molar-refractivity contribution in [3.8, 4) is 5.69 Å². The van der Waals surface area contributed by atoms with Gasteiger partial charge in [-0.05, 0) is 36.4 Å². The van der Waals surface area contributed by atoms with Gasteiger partial charge in [-0.15, -0.1) is 0 Å². The van der Waals surface area contributed by atoms with Crippen LogP contribution in [-0.2, 0) is 13.1 Å². The van der Waals surface area contributed by atoms with E-state index >= 15 is 0 Å². The van der Waals surface area contributed by atoms with Gasteiger partial charge in [-0.1, -0.05) is 18.2 Å². The van der Waals surface area contributed by atoms with E-state index in [2.05, 4.69) is 5.10 Å². The summed E-state index contributed by atoms with van der Waals surface area (Å²) in [6.45, 7) is -0.209. The second-order valence-electron chi connectivity index (χ2n) is 7.90. The molecule has 1 aromatic carbocycles. The Labute approximate surface area is 202 Å². The fourth-order valence-electron chi connectivity index (χ4n) is 3.78. The van der Waals surface area contributed by atoms with Crippen LogP contribution in [-0.4, -0.2) is 23.8 Å². The molecule has 4 heterocycles. The molecule has 0 amide bonds. The van der Waals surface area contributed by atoms with Crippen molar-refractivity contribution in [2.24, 2.45) is 0 Å². The second kappa shape index (κ2) is 9.58. The van der Waals surface area contributed by atoms with Gasteiger partial charge in [-0.3, -0.25) is 19.5 Å². The Balaban J connectivity index is 1.63. The van der Waals surface area contributed by atoms with Crippen LogP contribution < -0.4 is 11.2 Å². The SMILES string of the molecule is O=c1c([N+](=O)[O-])c(C=Cc2cnn(-c3ccccc3)c2)n(Cc2ccoc2)c(=O)n1Cc1ccoc1. The quantitative estimate of drug-likeness (QED) is 0.243. The average Bonchev–Trinajstić information content (AvgIpc) is 3.66. The van der Waals surface area contributed by atoms with Crippen molar-refractivity contribution in [3.63, 3.8) is 0 Å². The van der Waals surface area contributed by atoms with Gasteiger partial charge < -0.3 is 8.83 Å². The number of rotatable bonds is 8. The summed E-state index contributed by atoms with van der Waals surface area (Å²) in [6, 6.07) is 12.6. The molecule has 11 nitrogen and oxygen atoms in total. The smallest absolute Gasteiger partial charge is 0.357 e. The van der Waals surface area contributed by atoms with E-state index in [0.717, 1.165) is 10.3 Å². The highest BCUT2D eigenvalue weighted by atomic mass is 16.6. The van der Waals surface area contributed by atoms with Crippen molar-refractivity contribution in [2.75, 3.05) is 0 Å². The topological polar surface area (TPSA) is 131 Å². The maximum Gasteiger partial charge on any atom is 0.357 e. The normalized spacial score (nSPS) is 11.3. The first kappa shape index (κ1) is 22.6. The Kier molecular flexibility index (Phi) is 6.02. The summed E-state index contributed by atoms with van der Waals surface area (Å²) in [5, 5.41) is 16.4. The maximum absolute atomic E-state index is 13.4. The summed E-state index contributed by atoms with van der Waals surface area (Å²) >= 11 is 0. The Bertz CT molecular complexity index is 1640. The standard InChI is InChI=1S/C25H19N5O6/c31-24-23(30(33)34)22(7-6-18-12-26-29(15-18)21-4-2-1-3-5-21)27(13-19-8-10-35-16-19)25(32)28(24)14-20-9-11-36-17-20/h1-12,15-17H,13-14H2. The molecule has 180 valence electrons. The highest BCUT2D eigenvalue weighted by molar-refractivity contribution is 5.71.